The molecule has 8 rings (SSSR count). The molecule has 0 radical (unpaired) electrons. The summed E-state index contributed by atoms with van der Waals surface area (Å²) < 4.78 is 0. The lowest BCUT2D eigenvalue weighted by molar-refractivity contribution is 1.07. The van der Waals surface area contributed by atoms with Crippen LogP contribution in [0.15, 0.2) is 146 Å². The highest BCUT2D eigenvalue weighted by atomic mass is 15.0. The zero-order valence-corrected chi connectivity index (χ0v) is 22.6. The first-order valence-electron chi connectivity index (χ1n) is 14.0. The Bertz CT molecular complexity index is 2260. The molecule has 196 valence electrons. The van der Waals surface area contributed by atoms with Gasteiger partial charge in [-0.15, -0.1) is 0 Å². The predicted molar refractivity (Wildman–Crippen MR) is 172 cm³/mol. The van der Waals surface area contributed by atoms with Gasteiger partial charge in [0.05, 0.1) is 5.52 Å². The molecule has 0 bridgehead atoms. The topological polar surface area (TPSA) is 51.6 Å². The van der Waals surface area contributed by atoms with Gasteiger partial charge in [-0.3, -0.25) is 0 Å². The Morgan fingerprint density at radius 1 is 0.333 bits per heavy atom. The largest absolute Gasteiger partial charge is 0.244 e. The van der Waals surface area contributed by atoms with Crippen LogP contribution < -0.4 is 0 Å². The Morgan fingerprint density at radius 3 is 1.76 bits per heavy atom. The summed E-state index contributed by atoms with van der Waals surface area (Å²) in [4.78, 5) is 20.2. The van der Waals surface area contributed by atoms with Crippen molar-refractivity contribution in [2.45, 2.75) is 0 Å². The monoisotopic (exact) mass is 536 g/mol. The molecule has 0 saturated carbocycles. The quantitative estimate of drug-likeness (QED) is 0.210. The van der Waals surface area contributed by atoms with Crippen molar-refractivity contribution in [1.29, 1.82) is 0 Å². The van der Waals surface area contributed by atoms with Crippen molar-refractivity contribution in [3.05, 3.63) is 146 Å². The molecule has 0 aliphatic carbocycles. The van der Waals surface area contributed by atoms with Crippen LogP contribution in [0, 0.1) is 0 Å². The van der Waals surface area contributed by atoms with E-state index < -0.39 is 0 Å². The minimum Gasteiger partial charge on any atom is -0.244 e. The number of rotatable bonds is 4. The van der Waals surface area contributed by atoms with Gasteiger partial charge in [0.25, 0.3) is 0 Å². The molecule has 0 fully saturated rings. The van der Waals surface area contributed by atoms with Crippen LogP contribution in [0.4, 0.5) is 0 Å². The molecule has 0 spiro atoms. The number of aromatic nitrogens is 4. The zero-order valence-electron chi connectivity index (χ0n) is 22.6. The van der Waals surface area contributed by atoms with Gasteiger partial charge in [-0.05, 0) is 50.9 Å². The summed E-state index contributed by atoms with van der Waals surface area (Å²) in [6.45, 7) is 0. The van der Waals surface area contributed by atoms with Crippen LogP contribution in [0.2, 0.25) is 0 Å². The minimum atomic E-state index is 0.542. The molecule has 8 aromatic rings. The van der Waals surface area contributed by atoms with Crippen LogP contribution in [0.3, 0.4) is 0 Å². The van der Waals surface area contributed by atoms with Crippen molar-refractivity contribution in [3.8, 4) is 45.4 Å². The second-order valence-electron chi connectivity index (χ2n) is 10.3. The highest BCUT2D eigenvalue weighted by Crippen LogP contribution is 2.36. The zero-order chi connectivity index (χ0) is 27.9. The molecule has 0 unspecified atom stereocenters. The van der Waals surface area contributed by atoms with Gasteiger partial charge in [0, 0.05) is 16.5 Å². The van der Waals surface area contributed by atoms with Gasteiger partial charge in [0.2, 0.25) is 0 Å². The molecule has 0 aliphatic heterocycles. The second kappa shape index (κ2) is 10.0. The second-order valence-corrected chi connectivity index (χ2v) is 10.3. The van der Waals surface area contributed by atoms with Crippen molar-refractivity contribution in [2.75, 3.05) is 0 Å². The van der Waals surface area contributed by atoms with E-state index in [2.05, 4.69) is 109 Å². The smallest absolute Gasteiger partial charge is 0.182 e. The van der Waals surface area contributed by atoms with Gasteiger partial charge < -0.3 is 0 Å². The molecule has 4 nitrogen and oxygen atoms in total. The molecule has 0 aliphatic rings. The molecule has 4 heteroatoms. The summed E-state index contributed by atoms with van der Waals surface area (Å²) in [6, 6.07) is 49.9. The summed E-state index contributed by atoms with van der Waals surface area (Å²) in [6.07, 6.45) is 0. The average Bonchev–Trinajstić information content (AvgIpc) is 3.08. The van der Waals surface area contributed by atoms with Crippen LogP contribution in [-0.2, 0) is 0 Å². The number of para-hydroxylation sites is 1. The molecule has 42 heavy (non-hydrogen) atoms. The van der Waals surface area contributed by atoms with Crippen molar-refractivity contribution in [3.63, 3.8) is 0 Å². The van der Waals surface area contributed by atoms with Gasteiger partial charge in [-0.25, -0.2) is 19.9 Å². The number of nitrogens with zero attached hydrogens (tertiary/aromatic N) is 4. The number of benzene rings is 6. The lowest BCUT2D eigenvalue weighted by Crippen LogP contribution is -2.02. The van der Waals surface area contributed by atoms with E-state index in [9.17, 15) is 0 Å². The Labute approximate surface area is 243 Å². The van der Waals surface area contributed by atoms with Crippen LogP contribution in [0.5, 0.6) is 0 Å². The standard InChI is InChI=1S/C38H24N4/c1-2-12-25(13-3-1)28-16-7-10-20-32(28)36-40-37(42-38(41-36)35-23-22-26-14-5-11-21-34(26)39-35)33-24-27-15-4-6-17-29(27)30-18-8-9-19-31(30)33/h1-24H. The molecule has 2 aromatic heterocycles. The summed E-state index contributed by atoms with van der Waals surface area (Å²) in [5, 5.41) is 5.69. The molecule has 0 N–H and O–H groups in total. The number of fused-ring (bicyclic) bond motifs is 4. The Balaban J connectivity index is 1.42. The van der Waals surface area contributed by atoms with E-state index in [1.807, 2.05) is 36.4 Å². The van der Waals surface area contributed by atoms with E-state index >= 15 is 0 Å². The van der Waals surface area contributed by atoms with Gasteiger partial charge in [-0.2, -0.15) is 0 Å². The molecular weight excluding hydrogens is 512 g/mol. The molecule has 2 heterocycles. The maximum atomic E-state index is 5.15. The first-order valence-corrected chi connectivity index (χ1v) is 14.0. The van der Waals surface area contributed by atoms with Crippen LogP contribution in [0.1, 0.15) is 0 Å². The maximum absolute atomic E-state index is 5.15. The Hall–Kier alpha value is -5.74. The number of hydrogen-bond donors (Lipinski definition) is 0. The minimum absolute atomic E-state index is 0.542. The van der Waals surface area contributed by atoms with Gasteiger partial charge in [0.1, 0.15) is 5.69 Å². The third-order valence-corrected chi connectivity index (χ3v) is 7.72. The van der Waals surface area contributed by atoms with Gasteiger partial charge >= 0.3 is 0 Å². The van der Waals surface area contributed by atoms with Crippen LogP contribution in [-0.4, -0.2) is 19.9 Å². The third-order valence-electron chi connectivity index (χ3n) is 7.72. The Kier molecular flexibility index (Phi) is 5.75. The summed E-state index contributed by atoms with van der Waals surface area (Å²) in [5.41, 5.74) is 5.69. The van der Waals surface area contributed by atoms with Gasteiger partial charge in [0.15, 0.2) is 17.5 Å². The fourth-order valence-electron chi connectivity index (χ4n) is 5.71. The fourth-order valence-corrected chi connectivity index (χ4v) is 5.71. The van der Waals surface area contributed by atoms with Gasteiger partial charge in [-0.1, -0.05) is 127 Å². The lowest BCUT2D eigenvalue weighted by atomic mass is 9.96. The van der Waals surface area contributed by atoms with Crippen molar-refractivity contribution in [2.24, 2.45) is 0 Å². The first kappa shape index (κ1) is 24.1. The Morgan fingerprint density at radius 2 is 0.929 bits per heavy atom. The molecule has 0 saturated heterocycles. The van der Waals surface area contributed by atoms with E-state index in [1.165, 1.54) is 10.8 Å². The van der Waals surface area contributed by atoms with Crippen LogP contribution >= 0.6 is 0 Å². The van der Waals surface area contributed by atoms with E-state index in [1.54, 1.807) is 0 Å². The highest BCUT2D eigenvalue weighted by Gasteiger charge is 2.18. The molecule has 0 amide bonds. The normalized spacial score (nSPS) is 11.3. The number of pyridine rings is 1. The highest BCUT2D eigenvalue weighted by molar-refractivity contribution is 6.13. The van der Waals surface area contributed by atoms with Crippen molar-refractivity contribution < 1.29 is 0 Å². The fraction of sp³-hybridized carbons (Fsp3) is 0. The van der Waals surface area contributed by atoms with Crippen molar-refractivity contribution >= 4 is 32.4 Å². The summed E-state index contributed by atoms with van der Waals surface area (Å²) >= 11 is 0. The van der Waals surface area contributed by atoms with Crippen molar-refractivity contribution in [1.82, 2.24) is 19.9 Å². The summed E-state index contributed by atoms with van der Waals surface area (Å²) in [7, 11) is 0. The van der Waals surface area contributed by atoms with E-state index in [0.29, 0.717) is 23.2 Å². The van der Waals surface area contributed by atoms with E-state index in [0.717, 1.165) is 43.9 Å². The predicted octanol–water partition coefficient (Wildman–Crippen LogP) is 9.39. The van der Waals surface area contributed by atoms with E-state index in [-0.39, 0.29) is 0 Å². The molecule has 6 aromatic carbocycles. The first-order chi connectivity index (χ1) is 20.8. The summed E-state index contributed by atoms with van der Waals surface area (Å²) in [5.74, 6) is 1.78. The molecule has 0 atom stereocenters. The lowest BCUT2D eigenvalue weighted by Gasteiger charge is -2.14. The maximum Gasteiger partial charge on any atom is 0.182 e. The molecular formula is C38H24N4. The number of hydrogen-bond acceptors (Lipinski definition) is 4. The van der Waals surface area contributed by atoms with E-state index in [4.69, 9.17) is 19.9 Å². The SMILES string of the molecule is c1ccc(-c2ccccc2-c2nc(-c3ccc4ccccc4n3)nc(-c3cc4ccccc4c4ccccc34)n2)cc1. The third kappa shape index (κ3) is 4.18. The average molecular weight is 537 g/mol. The van der Waals surface area contributed by atoms with Crippen LogP contribution in [0.25, 0.3) is 77.9 Å².